The molecule has 2 unspecified atom stereocenters. The third-order valence-electron chi connectivity index (χ3n) is 11.6. The van der Waals surface area contributed by atoms with Crippen LogP contribution in [0.1, 0.15) is 47.7 Å². The van der Waals surface area contributed by atoms with Crippen LogP contribution in [0.4, 0.5) is 0 Å². The summed E-state index contributed by atoms with van der Waals surface area (Å²) >= 11 is -5.06. The molecule has 0 bridgehead atoms. The van der Waals surface area contributed by atoms with Crippen LogP contribution in [0, 0.1) is 13.8 Å². The monoisotopic (exact) mass is 678 g/mol. The van der Waals surface area contributed by atoms with Gasteiger partial charge in [-0.15, -0.1) is 0 Å². The average Bonchev–Trinajstić information content (AvgIpc) is 3.56. The number of aryl methyl sites for hydroxylation is 2. The maximum atomic E-state index is 5.58. The van der Waals surface area contributed by atoms with Crippen molar-refractivity contribution in [2.24, 2.45) is 0 Å². The van der Waals surface area contributed by atoms with Gasteiger partial charge in [0, 0.05) is 0 Å². The van der Waals surface area contributed by atoms with Gasteiger partial charge in [0.25, 0.3) is 0 Å². The Balaban J connectivity index is 1.57. The minimum absolute atomic E-state index is 0.306. The van der Waals surface area contributed by atoms with Crippen molar-refractivity contribution in [2.75, 3.05) is 0 Å². The average molecular weight is 677 g/mol. The summed E-state index contributed by atoms with van der Waals surface area (Å²) in [5.74, 6) is 0. The summed E-state index contributed by atoms with van der Waals surface area (Å²) in [7, 11) is 0. The van der Waals surface area contributed by atoms with Crippen LogP contribution in [-0.2, 0) is 15.1 Å². The van der Waals surface area contributed by atoms with Gasteiger partial charge in [-0.1, -0.05) is 0 Å². The van der Waals surface area contributed by atoms with Crippen molar-refractivity contribution in [2.45, 2.75) is 46.3 Å². The van der Waals surface area contributed by atoms with Crippen molar-refractivity contribution in [3.8, 4) is 22.3 Å². The van der Waals surface area contributed by atoms with E-state index in [9.17, 15) is 0 Å². The number of hydrogen-bond donors (Lipinski definition) is 0. The Hall–Kier alpha value is -2.90. The van der Waals surface area contributed by atoms with E-state index >= 15 is 0 Å². The van der Waals surface area contributed by atoms with E-state index in [4.69, 9.17) is 4.26 Å². The first kappa shape index (κ1) is 26.3. The Morgan fingerprint density at radius 2 is 0.949 bits per heavy atom. The zero-order chi connectivity index (χ0) is 27.7. The number of allylic oxidation sites excluding steroid dienone is 2. The summed E-state index contributed by atoms with van der Waals surface area (Å²) in [5, 5.41) is 0. The molecular weight excluding hydrogens is 635 g/mol. The van der Waals surface area contributed by atoms with Crippen LogP contribution in [-0.4, -0.2) is 4.26 Å². The number of benzene rings is 4. The molecule has 0 amide bonds. The van der Waals surface area contributed by atoms with Gasteiger partial charge in [-0.25, -0.2) is 0 Å². The third kappa shape index (κ3) is 3.62. The normalized spacial score (nSPS) is 20.5. The van der Waals surface area contributed by atoms with Gasteiger partial charge in [0.1, 0.15) is 0 Å². The first-order valence-electron chi connectivity index (χ1n) is 14.6. The predicted octanol–water partition coefficient (Wildman–Crippen LogP) is 11.2. The molecule has 2 atom stereocenters. The molecule has 4 aromatic carbocycles. The Labute approximate surface area is 229 Å². The second kappa shape index (κ2) is 7.64. The molecule has 2 aliphatic carbocycles. The second-order valence-electron chi connectivity index (χ2n) is 15.9. The molecule has 0 saturated heterocycles. The molecule has 0 nitrogen and oxygen atoms in total. The first-order valence-corrected chi connectivity index (χ1v) is 34.6. The molecular formula is C38H42Hf. The molecule has 0 N–H and O–H groups in total. The van der Waals surface area contributed by atoms with E-state index < -0.39 is 15.1 Å². The molecule has 0 saturated carbocycles. The Bertz CT molecular complexity index is 1730. The summed E-state index contributed by atoms with van der Waals surface area (Å²) in [6.07, 6.45) is 9.89. The molecule has 6 rings (SSSR count). The van der Waals surface area contributed by atoms with Crippen molar-refractivity contribution in [1.82, 2.24) is 0 Å². The molecule has 0 aliphatic heterocycles. The van der Waals surface area contributed by atoms with E-state index in [0.717, 1.165) is 4.18 Å². The van der Waals surface area contributed by atoms with Gasteiger partial charge in [0.2, 0.25) is 0 Å². The van der Waals surface area contributed by atoms with Crippen LogP contribution in [0.3, 0.4) is 0 Å². The molecule has 198 valence electrons. The van der Waals surface area contributed by atoms with E-state index in [1.165, 1.54) is 55.6 Å². The molecule has 1 heteroatoms. The van der Waals surface area contributed by atoms with Crippen LogP contribution in [0.25, 0.3) is 34.4 Å². The quantitative estimate of drug-likeness (QED) is 0.185. The van der Waals surface area contributed by atoms with E-state index in [1.807, 2.05) is 0 Å². The zero-order valence-electron chi connectivity index (χ0n) is 24.5. The summed E-state index contributed by atoms with van der Waals surface area (Å²) in [4.78, 5) is 0. The summed E-state index contributed by atoms with van der Waals surface area (Å²) in [6, 6.07) is 31.4. The molecule has 0 aromatic heterocycles. The third-order valence-corrected chi connectivity index (χ3v) is 49.8. The summed E-state index contributed by atoms with van der Waals surface area (Å²) in [5.41, 5.74) is 13.7. The number of hydrogen-bond acceptors (Lipinski definition) is 0. The van der Waals surface area contributed by atoms with Gasteiger partial charge < -0.3 is 0 Å². The zero-order valence-corrected chi connectivity index (χ0v) is 28.1. The van der Waals surface area contributed by atoms with Gasteiger partial charge in [0.05, 0.1) is 0 Å². The summed E-state index contributed by atoms with van der Waals surface area (Å²) < 4.78 is 15.2. The van der Waals surface area contributed by atoms with Crippen LogP contribution < -0.4 is 0 Å². The molecule has 0 heterocycles. The van der Waals surface area contributed by atoms with E-state index in [2.05, 4.69) is 144 Å². The Kier molecular flexibility index (Phi) is 5.16. The van der Waals surface area contributed by atoms with Gasteiger partial charge in [-0.3, -0.25) is 0 Å². The van der Waals surface area contributed by atoms with Gasteiger partial charge in [0.15, 0.2) is 0 Å². The molecule has 0 spiro atoms. The molecule has 39 heavy (non-hydrogen) atoms. The topological polar surface area (TPSA) is 0 Å². The van der Waals surface area contributed by atoms with Crippen LogP contribution in [0.15, 0.2) is 97.1 Å². The first-order chi connectivity index (χ1) is 18.3. The summed E-state index contributed by atoms with van der Waals surface area (Å²) in [6.45, 7) is 6.86. The standard InChI is InChI=1S/2C16H13.C2H5.3CH3.CH2.Hf/c2*1-12-6-2-3-9-14(12)16-11-5-8-13-7-4-10-15(13)16;1-2;;;;;/h2*2-11H,1H3;1H2,2H3;3*1H3;1H2;. The molecule has 0 fully saturated rings. The van der Waals surface area contributed by atoms with Crippen molar-refractivity contribution in [1.29, 1.82) is 0 Å². The molecule has 2 aliphatic rings. The number of fused-ring (bicyclic) bond motifs is 2. The molecule has 4 aromatic rings. The van der Waals surface area contributed by atoms with Crippen molar-refractivity contribution < 1.29 is 15.1 Å². The van der Waals surface area contributed by atoms with E-state index in [1.54, 1.807) is 0 Å². The van der Waals surface area contributed by atoms with Crippen molar-refractivity contribution in [3.63, 3.8) is 0 Å². The predicted molar refractivity (Wildman–Crippen MR) is 172 cm³/mol. The van der Waals surface area contributed by atoms with Crippen molar-refractivity contribution >= 4 is 16.4 Å². The van der Waals surface area contributed by atoms with E-state index in [-0.39, 0.29) is 0 Å². The van der Waals surface area contributed by atoms with E-state index in [0.29, 0.717) is 7.35 Å². The van der Waals surface area contributed by atoms with Crippen LogP contribution in [0.2, 0.25) is 18.2 Å². The maximum absolute atomic E-state index is 5.58. The Morgan fingerprint density at radius 1 is 0.564 bits per heavy atom. The van der Waals surface area contributed by atoms with Gasteiger partial charge >= 0.3 is 231 Å². The fraction of sp³-hybridized carbons (Fsp3) is 0.237. The fourth-order valence-electron chi connectivity index (χ4n) is 8.04. The van der Waals surface area contributed by atoms with Gasteiger partial charge in [-0.2, -0.15) is 0 Å². The number of rotatable bonds is 5. The second-order valence-corrected chi connectivity index (χ2v) is 70.2. The van der Waals surface area contributed by atoms with Crippen molar-refractivity contribution in [3.05, 3.63) is 130 Å². The van der Waals surface area contributed by atoms with Crippen LogP contribution in [0.5, 0.6) is 0 Å². The van der Waals surface area contributed by atoms with Crippen LogP contribution >= 0.6 is 0 Å². The Morgan fingerprint density at radius 3 is 1.33 bits per heavy atom. The SMILES string of the molecule is [CH2]=[Hf]([CH3])([CH3])([CH3])([CH2]C)([CH]1C=Cc2c(-c3ccccc3C)cccc21)[CH]1C=Cc2c(-c3ccccc3C)cccc21. The fourth-order valence-corrected chi connectivity index (χ4v) is 33.1. The minimum atomic E-state index is -5.06. The molecule has 0 radical (unpaired) electrons. The van der Waals surface area contributed by atoms with Gasteiger partial charge in [-0.05, 0) is 0 Å².